The van der Waals surface area contributed by atoms with Gasteiger partial charge in [-0.15, -0.1) is 0 Å². The number of hydrogen-bond donors (Lipinski definition) is 1. The van der Waals surface area contributed by atoms with E-state index in [0.717, 1.165) is 16.7 Å². The van der Waals surface area contributed by atoms with E-state index in [1.165, 1.54) is 0 Å². The Bertz CT molecular complexity index is 451. The lowest BCUT2D eigenvalue weighted by Gasteiger charge is -2.13. The molecular weight excluding hydrogens is 188 g/mol. The minimum Gasteiger partial charge on any atom is -0.487 e. The second kappa shape index (κ2) is 4.28. The van der Waals surface area contributed by atoms with E-state index in [-0.39, 0.29) is 6.10 Å². The lowest BCUT2D eigenvalue weighted by atomic mass is 10.2. The van der Waals surface area contributed by atoms with Crippen LogP contribution >= 0.6 is 0 Å². The third kappa shape index (κ3) is 2.07. The van der Waals surface area contributed by atoms with Crippen LogP contribution < -0.4 is 10.5 Å². The second-order valence-corrected chi connectivity index (χ2v) is 3.50. The maximum atomic E-state index is 5.69. The number of fused-ring (bicyclic) bond motifs is 1. The number of benzene rings is 1. The molecule has 2 aromatic rings. The summed E-state index contributed by atoms with van der Waals surface area (Å²) in [5, 5.41) is 1.08. The van der Waals surface area contributed by atoms with Crippen LogP contribution in [0.15, 0.2) is 36.5 Å². The molecule has 3 heteroatoms. The smallest absolute Gasteiger partial charge is 0.145 e. The molecule has 2 N–H and O–H groups in total. The summed E-state index contributed by atoms with van der Waals surface area (Å²) in [5.41, 5.74) is 6.41. The molecular formula is C12H14N2O. The van der Waals surface area contributed by atoms with E-state index < -0.39 is 0 Å². The zero-order valence-electron chi connectivity index (χ0n) is 8.68. The fourth-order valence-electron chi connectivity index (χ4n) is 1.44. The summed E-state index contributed by atoms with van der Waals surface area (Å²) in [5.74, 6) is 0.797. The van der Waals surface area contributed by atoms with Crippen LogP contribution in [0, 0.1) is 0 Å². The molecule has 0 bridgehead atoms. The monoisotopic (exact) mass is 202 g/mol. The standard InChI is InChI=1S/C12H14N2O/c1-9(8-13)15-11-6-2-4-10-5-3-7-14-12(10)11/h2-7,9H,8,13H2,1H3. The molecule has 0 fully saturated rings. The fraction of sp³-hybridized carbons (Fsp3) is 0.250. The Morgan fingerprint density at radius 3 is 2.93 bits per heavy atom. The normalized spacial score (nSPS) is 12.7. The van der Waals surface area contributed by atoms with Gasteiger partial charge in [0.25, 0.3) is 0 Å². The van der Waals surface area contributed by atoms with Gasteiger partial charge < -0.3 is 10.5 Å². The van der Waals surface area contributed by atoms with Crippen molar-refractivity contribution in [1.82, 2.24) is 4.98 Å². The van der Waals surface area contributed by atoms with Gasteiger partial charge in [-0.1, -0.05) is 18.2 Å². The minimum atomic E-state index is 0.0117. The molecule has 0 aliphatic heterocycles. The molecule has 1 aromatic carbocycles. The number of hydrogen-bond acceptors (Lipinski definition) is 3. The third-order valence-electron chi connectivity index (χ3n) is 2.26. The van der Waals surface area contributed by atoms with Crippen LogP contribution in [0.4, 0.5) is 0 Å². The summed E-state index contributed by atoms with van der Waals surface area (Å²) >= 11 is 0. The lowest BCUT2D eigenvalue weighted by Crippen LogP contribution is -2.22. The first-order valence-electron chi connectivity index (χ1n) is 5.01. The summed E-state index contributed by atoms with van der Waals surface area (Å²) in [4.78, 5) is 4.30. The zero-order chi connectivity index (χ0) is 10.7. The van der Waals surface area contributed by atoms with Crippen molar-refractivity contribution in [2.45, 2.75) is 13.0 Å². The van der Waals surface area contributed by atoms with Crippen LogP contribution in [0.25, 0.3) is 10.9 Å². The Morgan fingerprint density at radius 2 is 2.13 bits per heavy atom. The first-order valence-corrected chi connectivity index (χ1v) is 5.01. The Kier molecular flexibility index (Phi) is 2.83. The largest absolute Gasteiger partial charge is 0.487 e. The highest BCUT2D eigenvalue weighted by Crippen LogP contribution is 2.23. The van der Waals surface area contributed by atoms with E-state index in [9.17, 15) is 0 Å². The Morgan fingerprint density at radius 1 is 1.33 bits per heavy atom. The van der Waals surface area contributed by atoms with Crippen molar-refractivity contribution in [1.29, 1.82) is 0 Å². The molecule has 1 aromatic heterocycles. The van der Waals surface area contributed by atoms with Gasteiger partial charge in [0.05, 0.1) is 0 Å². The van der Waals surface area contributed by atoms with Gasteiger partial charge in [-0.25, -0.2) is 0 Å². The number of para-hydroxylation sites is 1. The summed E-state index contributed by atoms with van der Waals surface area (Å²) < 4.78 is 5.69. The molecule has 1 unspecified atom stereocenters. The average Bonchev–Trinajstić information content (AvgIpc) is 2.29. The van der Waals surface area contributed by atoms with Crippen LogP contribution in [0.3, 0.4) is 0 Å². The molecule has 3 nitrogen and oxygen atoms in total. The van der Waals surface area contributed by atoms with E-state index in [4.69, 9.17) is 10.5 Å². The van der Waals surface area contributed by atoms with E-state index >= 15 is 0 Å². The van der Waals surface area contributed by atoms with Crippen LogP contribution in [0.2, 0.25) is 0 Å². The molecule has 0 spiro atoms. The molecule has 0 saturated heterocycles. The van der Waals surface area contributed by atoms with Crippen molar-refractivity contribution in [3.8, 4) is 5.75 Å². The van der Waals surface area contributed by atoms with Gasteiger partial charge in [0.1, 0.15) is 17.4 Å². The molecule has 1 heterocycles. The summed E-state index contributed by atoms with van der Waals surface area (Å²) in [7, 11) is 0. The van der Waals surface area contributed by atoms with Gasteiger partial charge in [0.2, 0.25) is 0 Å². The Balaban J connectivity index is 2.42. The highest BCUT2D eigenvalue weighted by molar-refractivity contribution is 5.84. The topological polar surface area (TPSA) is 48.1 Å². The van der Waals surface area contributed by atoms with Crippen molar-refractivity contribution >= 4 is 10.9 Å². The van der Waals surface area contributed by atoms with Crippen LogP contribution in [0.1, 0.15) is 6.92 Å². The molecule has 78 valence electrons. The quantitative estimate of drug-likeness (QED) is 0.827. The Hall–Kier alpha value is -1.61. The van der Waals surface area contributed by atoms with E-state index in [1.807, 2.05) is 37.3 Å². The van der Waals surface area contributed by atoms with Gasteiger partial charge in [0, 0.05) is 18.1 Å². The highest BCUT2D eigenvalue weighted by Gasteiger charge is 2.05. The van der Waals surface area contributed by atoms with E-state index in [0.29, 0.717) is 6.54 Å². The van der Waals surface area contributed by atoms with Crippen molar-refractivity contribution in [2.24, 2.45) is 5.73 Å². The van der Waals surface area contributed by atoms with Gasteiger partial charge in [-0.2, -0.15) is 0 Å². The molecule has 0 aliphatic carbocycles. The van der Waals surface area contributed by atoms with Crippen LogP contribution in [0.5, 0.6) is 5.75 Å². The molecule has 0 saturated carbocycles. The van der Waals surface area contributed by atoms with Crippen LogP contribution in [-0.4, -0.2) is 17.6 Å². The molecule has 1 atom stereocenters. The first kappa shape index (κ1) is 9.93. The number of nitrogens with zero attached hydrogens (tertiary/aromatic N) is 1. The molecule has 2 rings (SSSR count). The SMILES string of the molecule is CC(CN)Oc1cccc2cccnc12. The molecule has 0 radical (unpaired) electrons. The summed E-state index contributed by atoms with van der Waals surface area (Å²) in [6.45, 7) is 2.45. The predicted molar refractivity (Wildman–Crippen MR) is 60.9 cm³/mol. The van der Waals surface area contributed by atoms with Gasteiger partial charge in [-0.3, -0.25) is 4.98 Å². The third-order valence-corrected chi connectivity index (χ3v) is 2.26. The maximum absolute atomic E-state index is 5.69. The van der Waals surface area contributed by atoms with Gasteiger partial charge in [-0.05, 0) is 19.1 Å². The summed E-state index contributed by atoms with van der Waals surface area (Å²) in [6, 6.07) is 9.83. The number of pyridine rings is 1. The van der Waals surface area contributed by atoms with Crippen molar-refractivity contribution in [2.75, 3.05) is 6.54 Å². The van der Waals surface area contributed by atoms with Gasteiger partial charge in [0.15, 0.2) is 0 Å². The predicted octanol–water partition coefficient (Wildman–Crippen LogP) is 1.96. The van der Waals surface area contributed by atoms with Crippen LogP contribution in [-0.2, 0) is 0 Å². The fourth-order valence-corrected chi connectivity index (χ4v) is 1.44. The highest BCUT2D eigenvalue weighted by atomic mass is 16.5. The second-order valence-electron chi connectivity index (χ2n) is 3.50. The number of aromatic nitrogens is 1. The van der Waals surface area contributed by atoms with Gasteiger partial charge >= 0.3 is 0 Å². The van der Waals surface area contributed by atoms with E-state index in [2.05, 4.69) is 4.98 Å². The Labute approximate surface area is 88.9 Å². The first-order chi connectivity index (χ1) is 7.31. The zero-order valence-corrected chi connectivity index (χ0v) is 8.68. The summed E-state index contributed by atoms with van der Waals surface area (Å²) in [6.07, 6.45) is 1.78. The van der Waals surface area contributed by atoms with E-state index in [1.54, 1.807) is 6.20 Å². The van der Waals surface area contributed by atoms with Crippen molar-refractivity contribution in [3.05, 3.63) is 36.5 Å². The average molecular weight is 202 g/mol. The molecule has 15 heavy (non-hydrogen) atoms. The van der Waals surface area contributed by atoms with Crippen molar-refractivity contribution < 1.29 is 4.74 Å². The number of rotatable bonds is 3. The lowest BCUT2D eigenvalue weighted by molar-refractivity contribution is 0.232. The number of ether oxygens (including phenoxy) is 1. The molecule has 0 amide bonds. The minimum absolute atomic E-state index is 0.0117. The van der Waals surface area contributed by atoms with Crippen molar-refractivity contribution in [3.63, 3.8) is 0 Å². The number of nitrogens with two attached hydrogens (primary N) is 1. The maximum Gasteiger partial charge on any atom is 0.145 e. The molecule has 0 aliphatic rings.